The minimum Gasteiger partial charge on any atom is -0.436 e. The maximum absolute atomic E-state index is 12.6. The monoisotopic (exact) mass is 451 g/mol. The topological polar surface area (TPSA) is 93.8 Å². The standard InChI is InChI=1S/C19H10BrN5O2S/c20-12-5-11(8-21-9-12)19-23-16-7-13(2-4-17(16)27-19)22-18(26)10-1-3-14-15(6-10)25-28-24-14/h1-9H,(H,22,26). The van der Waals surface area contributed by atoms with Crippen LogP contribution in [0.1, 0.15) is 10.4 Å². The van der Waals surface area contributed by atoms with Crippen molar-refractivity contribution in [1.29, 1.82) is 0 Å². The number of rotatable bonds is 3. The van der Waals surface area contributed by atoms with Crippen molar-refractivity contribution in [2.75, 3.05) is 5.32 Å². The number of fused-ring (bicyclic) bond motifs is 2. The third-order valence-corrected chi connectivity index (χ3v) is 5.10. The normalized spacial score (nSPS) is 11.2. The average Bonchev–Trinajstić information content (AvgIpc) is 3.33. The van der Waals surface area contributed by atoms with Gasteiger partial charge in [0.05, 0.1) is 17.3 Å². The second-order valence-electron chi connectivity index (χ2n) is 6.02. The van der Waals surface area contributed by atoms with E-state index in [1.807, 2.05) is 6.07 Å². The third kappa shape index (κ3) is 3.14. The van der Waals surface area contributed by atoms with Crippen LogP contribution in [0.3, 0.4) is 0 Å². The van der Waals surface area contributed by atoms with Gasteiger partial charge in [0.2, 0.25) is 5.89 Å². The van der Waals surface area contributed by atoms with Gasteiger partial charge >= 0.3 is 0 Å². The van der Waals surface area contributed by atoms with Crippen LogP contribution in [0.4, 0.5) is 5.69 Å². The first-order valence-electron chi connectivity index (χ1n) is 8.21. The van der Waals surface area contributed by atoms with E-state index in [1.165, 1.54) is 0 Å². The number of oxazole rings is 1. The minimum absolute atomic E-state index is 0.228. The van der Waals surface area contributed by atoms with Gasteiger partial charge in [-0.05, 0) is 58.4 Å². The summed E-state index contributed by atoms with van der Waals surface area (Å²) in [6, 6.07) is 12.4. The summed E-state index contributed by atoms with van der Waals surface area (Å²) in [7, 11) is 0. The number of hydrogen-bond acceptors (Lipinski definition) is 7. The Hall–Kier alpha value is -3.17. The van der Waals surface area contributed by atoms with Crippen LogP contribution in [0.25, 0.3) is 33.6 Å². The van der Waals surface area contributed by atoms with Crippen LogP contribution in [-0.4, -0.2) is 24.6 Å². The number of halogens is 1. The van der Waals surface area contributed by atoms with Crippen molar-refractivity contribution in [2.24, 2.45) is 0 Å². The van der Waals surface area contributed by atoms with Crippen LogP contribution in [0.15, 0.2) is 63.7 Å². The van der Waals surface area contributed by atoms with Crippen molar-refractivity contribution in [3.8, 4) is 11.5 Å². The van der Waals surface area contributed by atoms with Gasteiger partial charge in [-0.15, -0.1) is 0 Å². The fourth-order valence-electron chi connectivity index (χ4n) is 2.78. The largest absolute Gasteiger partial charge is 0.436 e. The molecule has 0 unspecified atom stereocenters. The lowest BCUT2D eigenvalue weighted by Crippen LogP contribution is -2.11. The number of carbonyl (C=O) groups is 1. The average molecular weight is 452 g/mol. The molecule has 5 aromatic rings. The Balaban J connectivity index is 1.43. The van der Waals surface area contributed by atoms with Gasteiger partial charge in [-0.2, -0.15) is 8.75 Å². The van der Waals surface area contributed by atoms with Crippen molar-refractivity contribution in [3.63, 3.8) is 0 Å². The highest BCUT2D eigenvalue weighted by atomic mass is 79.9. The van der Waals surface area contributed by atoms with Crippen molar-refractivity contribution in [2.45, 2.75) is 0 Å². The van der Waals surface area contributed by atoms with E-state index in [0.717, 1.165) is 27.3 Å². The second kappa shape index (κ2) is 6.77. The lowest BCUT2D eigenvalue weighted by molar-refractivity contribution is 0.102. The van der Waals surface area contributed by atoms with Crippen LogP contribution in [-0.2, 0) is 0 Å². The molecule has 0 atom stereocenters. The van der Waals surface area contributed by atoms with E-state index in [4.69, 9.17) is 4.42 Å². The molecule has 0 saturated heterocycles. The van der Waals surface area contributed by atoms with Gasteiger partial charge in [0.15, 0.2) is 5.58 Å². The van der Waals surface area contributed by atoms with Crippen LogP contribution < -0.4 is 5.32 Å². The molecule has 3 aromatic heterocycles. The zero-order valence-corrected chi connectivity index (χ0v) is 16.5. The number of nitrogens with one attached hydrogen (secondary N) is 1. The van der Waals surface area contributed by atoms with Crippen LogP contribution in [0, 0.1) is 0 Å². The summed E-state index contributed by atoms with van der Waals surface area (Å²) < 4.78 is 14.9. The first-order chi connectivity index (χ1) is 13.7. The van der Waals surface area contributed by atoms with Gasteiger partial charge < -0.3 is 9.73 Å². The molecular formula is C19H10BrN5O2S. The smallest absolute Gasteiger partial charge is 0.255 e. The number of pyridine rings is 1. The molecule has 0 aliphatic carbocycles. The third-order valence-electron chi connectivity index (χ3n) is 4.11. The van der Waals surface area contributed by atoms with Gasteiger partial charge in [0.25, 0.3) is 5.91 Å². The SMILES string of the molecule is O=C(Nc1ccc2oc(-c3cncc(Br)c3)nc2c1)c1ccc2nsnc2c1. The predicted octanol–water partition coefficient (Wildman–Crippen LogP) is 4.91. The maximum Gasteiger partial charge on any atom is 0.255 e. The second-order valence-corrected chi connectivity index (χ2v) is 7.46. The Morgan fingerprint density at radius 3 is 2.79 bits per heavy atom. The van der Waals surface area contributed by atoms with Gasteiger partial charge in [-0.1, -0.05) is 0 Å². The highest BCUT2D eigenvalue weighted by Crippen LogP contribution is 2.27. The zero-order valence-electron chi connectivity index (χ0n) is 14.1. The van der Waals surface area contributed by atoms with Gasteiger partial charge in [0.1, 0.15) is 16.6 Å². The lowest BCUT2D eigenvalue weighted by Gasteiger charge is -2.04. The molecule has 28 heavy (non-hydrogen) atoms. The predicted molar refractivity (Wildman–Crippen MR) is 110 cm³/mol. The fraction of sp³-hybridized carbons (Fsp3) is 0. The summed E-state index contributed by atoms with van der Waals surface area (Å²) in [5, 5.41) is 2.88. The summed E-state index contributed by atoms with van der Waals surface area (Å²) >= 11 is 4.51. The molecule has 0 bridgehead atoms. The van der Waals surface area contributed by atoms with E-state index in [9.17, 15) is 4.79 Å². The Morgan fingerprint density at radius 2 is 1.89 bits per heavy atom. The van der Waals surface area contributed by atoms with Crippen LogP contribution in [0.5, 0.6) is 0 Å². The Bertz CT molecular complexity index is 1350. The van der Waals surface area contributed by atoms with E-state index in [2.05, 4.69) is 40.0 Å². The molecule has 5 rings (SSSR count). The number of anilines is 1. The molecule has 0 fully saturated rings. The first-order valence-corrected chi connectivity index (χ1v) is 9.73. The molecule has 0 saturated carbocycles. The number of benzene rings is 2. The van der Waals surface area contributed by atoms with E-state index in [0.29, 0.717) is 33.8 Å². The molecule has 9 heteroatoms. The van der Waals surface area contributed by atoms with E-state index >= 15 is 0 Å². The molecule has 0 aliphatic heterocycles. The van der Waals surface area contributed by atoms with E-state index in [1.54, 1.807) is 48.8 Å². The lowest BCUT2D eigenvalue weighted by atomic mass is 10.2. The van der Waals surface area contributed by atoms with Crippen molar-refractivity contribution in [1.82, 2.24) is 18.7 Å². The fourth-order valence-corrected chi connectivity index (χ4v) is 3.67. The molecule has 136 valence electrons. The summed E-state index contributed by atoms with van der Waals surface area (Å²) in [5.41, 5.74) is 4.66. The molecule has 0 spiro atoms. The number of amides is 1. The summed E-state index contributed by atoms with van der Waals surface area (Å²) in [4.78, 5) is 21.2. The summed E-state index contributed by atoms with van der Waals surface area (Å²) in [6.07, 6.45) is 3.38. The van der Waals surface area contributed by atoms with E-state index < -0.39 is 0 Å². The molecular weight excluding hydrogens is 442 g/mol. The molecule has 7 nitrogen and oxygen atoms in total. The molecule has 2 aromatic carbocycles. The molecule has 0 aliphatic rings. The quantitative estimate of drug-likeness (QED) is 0.418. The Kier molecular flexibility index (Phi) is 4.10. The van der Waals surface area contributed by atoms with Crippen LogP contribution in [0.2, 0.25) is 0 Å². The highest BCUT2D eigenvalue weighted by Gasteiger charge is 2.12. The molecule has 1 N–H and O–H groups in total. The Labute approximate surface area is 170 Å². The summed E-state index contributed by atoms with van der Waals surface area (Å²) in [6.45, 7) is 0. The van der Waals surface area contributed by atoms with Gasteiger partial charge in [-0.25, -0.2) is 4.98 Å². The summed E-state index contributed by atoms with van der Waals surface area (Å²) in [5.74, 6) is 0.239. The van der Waals surface area contributed by atoms with Crippen LogP contribution >= 0.6 is 27.7 Å². The van der Waals surface area contributed by atoms with Gasteiger partial charge in [0, 0.05) is 28.1 Å². The van der Waals surface area contributed by atoms with Crippen molar-refractivity contribution in [3.05, 3.63) is 64.9 Å². The molecule has 1 amide bonds. The maximum atomic E-state index is 12.6. The number of hydrogen-bond donors (Lipinski definition) is 1. The molecule has 3 heterocycles. The molecule has 0 radical (unpaired) electrons. The first kappa shape index (κ1) is 17.0. The number of nitrogens with zero attached hydrogens (tertiary/aromatic N) is 4. The highest BCUT2D eigenvalue weighted by molar-refractivity contribution is 9.10. The van der Waals surface area contributed by atoms with Crippen molar-refractivity contribution >= 4 is 61.4 Å². The zero-order chi connectivity index (χ0) is 19.1. The Morgan fingerprint density at radius 1 is 1.00 bits per heavy atom. The van der Waals surface area contributed by atoms with Crippen molar-refractivity contribution < 1.29 is 9.21 Å². The van der Waals surface area contributed by atoms with Gasteiger partial charge in [-0.3, -0.25) is 9.78 Å². The number of aromatic nitrogens is 4. The van der Waals surface area contributed by atoms with E-state index in [-0.39, 0.29) is 5.91 Å². The minimum atomic E-state index is -0.228. The number of carbonyl (C=O) groups excluding carboxylic acids is 1.